The summed E-state index contributed by atoms with van der Waals surface area (Å²) in [5, 5.41) is 9.61. The van der Waals surface area contributed by atoms with E-state index in [9.17, 15) is 9.59 Å². The van der Waals surface area contributed by atoms with Crippen molar-refractivity contribution in [1.82, 2.24) is 5.32 Å². The van der Waals surface area contributed by atoms with Gasteiger partial charge in [-0.05, 0) is 0 Å². The van der Waals surface area contributed by atoms with E-state index in [4.69, 9.17) is 5.11 Å². The van der Waals surface area contributed by atoms with Gasteiger partial charge in [-0.15, -0.1) is 0 Å². The zero-order valence-corrected chi connectivity index (χ0v) is 4.05. The third kappa shape index (κ3) is 3.10. The molecule has 0 rings (SSSR count). The first-order valence-electron chi connectivity index (χ1n) is 1.87. The van der Waals surface area contributed by atoms with E-state index in [2.05, 4.69) is 5.73 Å². The molecule has 8 heavy (non-hydrogen) atoms. The maximum atomic E-state index is 9.96. The smallest absolute Gasteiger partial charge is 0.318 e. The number of nitrogens with two attached hydrogens (primary N) is 1. The summed E-state index contributed by atoms with van der Waals surface area (Å²) in [5.41, 5.74) is 4.49. The summed E-state index contributed by atoms with van der Waals surface area (Å²) in [6.07, 6.45) is 0. The second-order valence-electron chi connectivity index (χ2n) is 1.07. The molecule has 0 aromatic heterocycles. The highest BCUT2D eigenvalue weighted by atomic mass is 16.3. The van der Waals surface area contributed by atoms with Crippen LogP contribution in [0, 0.1) is 0 Å². The summed E-state index contributed by atoms with van der Waals surface area (Å²) >= 11 is 0. The zero-order valence-electron chi connectivity index (χ0n) is 4.05. The van der Waals surface area contributed by atoms with E-state index in [0.717, 1.165) is 0 Å². The van der Waals surface area contributed by atoms with E-state index in [-0.39, 0.29) is 0 Å². The molecule has 0 radical (unpaired) electrons. The van der Waals surface area contributed by atoms with Crippen LogP contribution in [0.5, 0.6) is 0 Å². The van der Waals surface area contributed by atoms with Crippen LogP contribution >= 0.6 is 0 Å². The van der Waals surface area contributed by atoms with E-state index in [0.29, 0.717) is 0 Å². The Morgan fingerprint density at radius 3 is 2.25 bits per heavy atom. The molecule has 0 unspecified atom stereocenters. The Balaban J connectivity index is 3.40. The highest BCUT2D eigenvalue weighted by Crippen LogP contribution is 1.58. The van der Waals surface area contributed by atoms with Crippen LogP contribution in [0.2, 0.25) is 0 Å². The molecule has 0 aromatic carbocycles. The van der Waals surface area contributed by atoms with Gasteiger partial charge >= 0.3 is 6.03 Å². The Morgan fingerprint density at radius 1 is 1.62 bits per heavy atom. The minimum absolute atomic E-state index is 0.719. The summed E-state index contributed by atoms with van der Waals surface area (Å²) in [5.74, 6) is -0.794. The molecule has 5 heteroatoms. The summed E-state index contributed by atoms with van der Waals surface area (Å²) in [4.78, 5) is 19.7. The number of imide groups is 1. The van der Waals surface area contributed by atoms with Crippen LogP contribution in [-0.4, -0.2) is 23.7 Å². The van der Waals surface area contributed by atoms with Gasteiger partial charge in [-0.3, -0.25) is 10.1 Å². The van der Waals surface area contributed by atoms with Crippen LogP contribution in [0.15, 0.2) is 0 Å². The average molecular weight is 118 g/mol. The van der Waals surface area contributed by atoms with E-state index in [1.165, 1.54) is 0 Å². The Labute approximate surface area is 45.5 Å². The van der Waals surface area contributed by atoms with Gasteiger partial charge in [-0.25, -0.2) is 4.79 Å². The lowest BCUT2D eigenvalue weighted by Gasteiger charge is -1.92. The molecule has 46 valence electrons. The number of carbonyl (C=O) groups excluding carboxylic acids is 2. The van der Waals surface area contributed by atoms with Gasteiger partial charge in [0.2, 0.25) is 0 Å². The first-order chi connectivity index (χ1) is 3.66. The summed E-state index contributed by atoms with van der Waals surface area (Å²) in [6, 6.07) is -0.955. The van der Waals surface area contributed by atoms with Crippen molar-refractivity contribution in [3.05, 3.63) is 0 Å². The molecule has 4 N–H and O–H groups in total. The van der Waals surface area contributed by atoms with Gasteiger partial charge in [-0.2, -0.15) is 0 Å². The number of primary amides is 1. The molecule has 0 aliphatic carbocycles. The second-order valence-corrected chi connectivity index (χ2v) is 1.07. The van der Waals surface area contributed by atoms with Crippen molar-refractivity contribution >= 4 is 11.9 Å². The molecule has 0 heterocycles. The van der Waals surface area contributed by atoms with Crippen molar-refractivity contribution in [1.29, 1.82) is 0 Å². The van der Waals surface area contributed by atoms with Gasteiger partial charge < -0.3 is 10.8 Å². The SMILES string of the molecule is NC(=O)NC(=O)CO. The second kappa shape index (κ2) is 2.98. The molecule has 0 saturated carbocycles. The molecule has 0 aliphatic heterocycles. The van der Waals surface area contributed by atoms with Crippen molar-refractivity contribution in [2.45, 2.75) is 0 Å². The molecule has 0 fully saturated rings. The van der Waals surface area contributed by atoms with E-state index >= 15 is 0 Å². The van der Waals surface area contributed by atoms with Crippen LogP contribution in [0.3, 0.4) is 0 Å². The number of aliphatic hydroxyl groups is 1. The number of nitrogens with one attached hydrogen (secondary N) is 1. The highest BCUT2D eigenvalue weighted by Gasteiger charge is 1.98. The van der Waals surface area contributed by atoms with Crippen molar-refractivity contribution in [2.75, 3.05) is 6.61 Å². The van der Waals surface area contributed by atoms with Crippen molar-refractivity contribution in [3.63, 3.8) is 0 Å². The Hall–Kier alpha value is -1.10. The molecule has 5 nitrogen and oxygen atoms in total. The topological polar surface area (TPSA) is 92.4 Å². The number of aliphatic hydroxyl groups excluding tert-OH is 1. The van der Waals surface area contributed by atoms with E-state index < -0.39 is 18.5 Å². The first kappa shape index (κ1) is 6.90. The van der Waals surface area contributed by atoms with Gasteiger partial charge in [-0.1, -0.05) is 0 Å². The molecule has 0 aromatic rings. The standard InChI is InChI=1S/C3H6N2O3/c4-3(8)5-2(7)1-6/h6H,1H2,(H3,4,5,7,8). The molecule has 0 aliphatic rings. The predicted molar refractivity (Wildman–Crippen MR) is 24.8 cm³/mol. The van der Waals surface area contributed by atoms with Crippen LogP contribution in [-0.2, 0) is 4.79 Å². The fourth-order valence-electron chi connectivity index (χ4n) is 0.177. The monoisotopic (exact) mass is 118 g/mol. The van der Waals surface area contributed by atoms with E-state index in [1.807, 2.05) is 0 Å². The fourth-order valence-corrected chi connectivity index (χ4v) is 0.177. The maximum Gasteiger partial charge on any atom is 0.318 e. The minimum atomic E-state index is -0.955. The average Bonchev–Trinajstić information content (AvgIpc) is 1.65. The third-order valence-corrected chi connectivity index (χ3v) is 0.406. The number of amides is 3. The Kier molecular flexibility index (Phi) is 2.57. The van der Waals surface area contributed by atoms with Crippen LogP contribution in [0.1, 0.15) is 0 Å². The largest absolute Gasteiger partial charge is 0.387 e. The minimum Gasteiger partial charge on any atom is -0.387 e. The Morgan fingerprint density at radius 2 is 2.12 bits per heavy atom. The van der Waals surface area contributed by atoms with Gasteiger partial charge in [0, 0.05) is 0 Å². The van der Waals surface area contributed by atoms with Gasteiger partial charge in [0.1, 0.15) is 6.61 Å². The van der Waals surface area contributed by atoms with Gasteiger partial charge in [0.15, 0.2) is 0 Å². The van der Waals surface area contributed by atoms with Crippen molar-refractivity contribution in [2.24, 2.45) is 5.73 Å². The molecule has 0 saturated heterocycles. The number of rotatable bonds is 1. The third-order valence-electron chi connectivity index (χ3n) is 0.406. The lowest BCUT2D eigenvalue weighted by Crippen LogP contribution is -2.36. The summed E-state index contributed by atoms with van der Waals surface area (Å²) < 4.78 is 0. The molecule has 3 amide bonds. The predicted octanol–water partition coefficient (Wildman–Crippen LogP) is -1.83. The van der Waals surface area contributed by atoms with Gasteiger partial charge in [0.25, 0.3) is 5.91 Å². The zero-order chi connectivity index (χ0) is 6.57. The van der Waals surface area contributed by atoms with Crippen LogP contribution < -0.4 is 11.1 Å². The highest BCUT2D eigenvalue weighted by molar-refractivity contribution is 5.93. The molecule has 0 atom stereocenters. The quantitative estimate of drug-likeness (QED) is 0.378. The van der Waals surface area contributed by atoms with Crippen molar-refractivity contribution < 1.29 is 14.7 Å². The van der Waals surface area contributed by atoms with Gasteiger partial charge in [0.05, 0.1) is 0 Å². The number of carbonyl (C=O) groups is 2. The molecule has 0 spiro atoms. The lowest BCUT2D eigenvalue weighted by molar-refractivity contribution is -0.122. The normalized spacial score (nSPS) is 8.12. The van der Waals surface area contributed by atoms with Crippen molar-refractivity contribution in [3.8, 4) is 0 Å². The molecular weight excluding hydrogens is 112 g/mol. The van der Waals surface area contributed by atoms with Crippen LogP contribution in [0.25, 0.3) is 0 Å². The Bertz CT molecular complexity index is 111. The fraction of sp³-hybridized carbons (Fsp3) is 0.333. The summed E-state index contributed by atoms with van der Waals surface area (Å²) in [6.45, 7) is -0.719. The first-order valence-corrected chi connectivity index (χ1v) is 1.87. The van der Waals surface area contributed by atoms with E-state index in [1.54, 1.807) is 5.32 Å². The number of hydrogen-bond acceptors (Lipinski definition) is 3. The number of hydrogen-bond donors (Lipinski definition) is 3. The lowest BCUT2D eigenvalue weighted by atomic mass is 10.6. The molecule has 0 bridgehead atoms. The van der Waals surface area contributed by atoms with Crippen LogP contribution in [0.4, 0.5) is 4.79 Å². The number of urea groups is 1. The maximum absolute atomic E-state index is 9.96. The molecular formula is C3H6N2O3. The summed E-state index contributed by atoms with van der Waals surface area (Å²) in [7, 11) is 0.